The fourth-order valence-corrected chi connectivity index (χ4v) is 3.54. The number of nitrogens with zero attached hydrogens (tertiary/aromatic N) is 3. The van der Waals surface area contributed by atoms with Crippen LogP contribution in [0.4, 0.5) is 0 Å². The number of amides is 2. The van der Waals surface area contributed by atoms with Crippen LogP contribution in [-0.2, 0) is 11.3 Å². The molecule has 1 aliphatic rings. The summed E-state index contributed by atoms with van der Waals surface area (Å²) in [5, 5.41) is 7.37. The molecule has 1 aliphatic heterocycles. The van der Waals surface area contributed by atoms with Crippen LogP contribution in [0.25, 0.3) is 0 Å². The molecule has 6 nitrogen and oxygen atoms in total. The van der Waals surface area contributed by atoms with Crippen LogP contribution >= 0.6 is 0 Å². The zero-order chi connectivity index (χ0) is 19.2. The minimum atomic E-state index is -0.0113. The van der Waals surface area contributed by atoms with Gasteiger partial charge in [-0.3, -0.25) is 14.3 Å². The van der Waals surface area contributed by atoms with Crippen LogP contribution < -0.4 is 5.32 Å². The molecule has 27 heavy (non-hydrogen) atoms. The summed E-state index contributed by atoms with van der Waals surface area (Å²) in [6.45, 7) is 6.13. The molecule has 0 aliphatic carbocycles. The molecule has 3 rings (SSSR count). The van der Waals surface area contributed by atoms with Gasteiger partial charge in [0.2, 0.25) is 5.91 Å². The summed E-state index contributed by atoms with van der Waals surface area (Å²) in [6, 6.07) is 11.8. The summed E-state index contributed by atoms with van der Waals surface area (Å²) in [7, 11) is 0. The van der Waals surface area contributed by atoms with E-state index in [2.05, 4.69) is 10.4 Å². The van der Waals surface area contributed by atoms with Crippen LogP contribution in [0.5, 0.6) is 0 Å². The Labute approximate surface area is 160 Å². The summed E-state index contributed by atoms with van der Waals surface area (Å²) >= 11 is 0. The van der Waals surface area contributed by atoms with Gasteiger partial charge >= 0.3 is 0 Å². The summed E-state index contributed by atoms with van der Waals surface area (Å²) in [6.07, 6.45) is 4.06. The van der Waals surface area contributed by atoms with Crippen LogP contribution in [-0.4, -0.2) is 39.6 Å². The Balaban J connectivity index is 1.45. The van der Waals surface area contributed by atoms with Crippen molar-refractivity contribution in [3.8, 4) is 0 Å². The Morgan fingerprint density at radius 1 is 1.19 bits per heavy atom. The molecule has 0 unspecified atom stereocenters. The van der Waals surface area contributed by atoms with E-state index in [1.165, 1.54) is 0 Å². The van der Waals surface area contributed by atoms with Crippen molar-refractivity contribution in [1.82, 2.24) is 20.0 Å². The molecule has 0 bridgehead atoms. The van der Waals surface area contributed by atoms with Crippen molar-refractivity contribution in [1.29, 1.82) is 0 Å². The number of carbonyl (C=O) groups is 2. The molecule has 1 saturated heterocycles. The molecule has 0 saturated carbocycles. The first-order valence-corrected chi connectivity index (χ1v) is 9.74. The lowest BCUT2D eigenvalue weighted by Gasteiger charge is -2.31. The van der Waals surface area contributed by atoms with Gasteiger partial charge in [-0.15, -0.1) is 0 Å². The van der Waals surface area contributed by atoms with Gasteiger partial charge in [-0.25, -0.2) is 0 Å². The third-order valence-corrected chi connectivity index (χ3v) is 5.24. The van der Waals surface area contributed by atoms with Crippen molar-refractivity contribution in [2.24, 2.45) is 5.92 Å². The maximum absolute atomic E-state index is 12.5. The van der Waals surface area contributed by atoms with Crippen LogP contribution in [0.1, 0.15) is 55.2 Å². The van der Waals surface area contributed by atoms with Crippen molar-refractivity contribution < 1.29 is 9.59 Å². The maximum atomic E-state index is 12.5. The number of aryl methyl sites for hydroxylation is 1. The van der Waals surface area contributed by atoms with E-state index >= 15 is 0 Å². The van der Waals surface area contributed by atoms with E-state index in [0.29, 0.717) is 31.1 Å². The minimum absolute atomic E-state index is 0.00837. The minimum Gasteiger partial charge on any atom is -0.350 e. The van der Waals surface area contributed by atoms with Gasteiger partial charge in [0.05, 0.1) is 6.04 Å². The topological polar surface area (TPSA) is 67.2 Å². The van der Waals surface area contributed by atoms with Gasteiger partial charge in [0.1, 0.15) is 5.69 Å². The third-order valence-electron chi connectivity index (χ3n) is 5.24. The SMILES string of the molecule is CCn1ccc(C(=O)N2CCC(CC(=O)N[C@H](C)c3ccccc3)CC2)n1. The molecule has 2 heterocycles. The number of nitrogens with one attached hydrogen (secondary N) is 1. The molecule has 0 radical (unpaired) electrons. The van der Waals surface area contributed by atoms with Crippen molar-refractivity contribution in [3.63, 3.8) is 0 Å². The highest BCUT2D eigenvalue weighted by atomic mass is 16.2. The van der Waals surface area contributed by atoms with Gasteiger partial charge in [0.25, 0.3) is 5.91 Å². The normalized spacial score (nSPS) is 16.1. The highest BCUT2D eigenvalue weighted by molar-refractivity contribution is 5.92. The second-order valence-electron chi connectivity index (χ2n) is 7.20. The van der Waals surface area contributed by atoms with Gasteiger partial charge in [-0.05, 0) is 44.2 Å². The highest BCUT2D eigenvalue weighted by Crippen LogP contribution is 2.22. The van der Waals surface area contributed by atoms with E-state index in [1.807, 2.05) is 55.3 Å². The zero-order valence-corrected chi connectivity index (χ0v) is 16.1. The number of aromatic nitrogens is 2. The molecule has 144 valence electrons. The number of piperidine rings is 1. The molecule has 1 atom stereocenters. The highest BCUT2D eigenvalue weighted by Gasteiger charge is 2.26. The van der Waals surface area contributed by atoms with E-state index < -0.39 is 0 Å². The van der Waals surface area contributed by atoms with Gasteiger partial charge in [0.15, 0.2) is 0 Å². The Morgan fingerprint density at radius 2 is 1.89 bits per heavy atom. The number of carbonyl (C=O) groups excluding carboxylic acids is 2. The smallest absolute Gasteiger partial charge is 0.274 e. The van der Waals surface area contributed by atoms with E-state index in [1.54, 1.807) is 10.7 Å². The molecule has 2 amide bonds. The second kappa shape index (κ2) is 8.84. The fourth-order valence-electron chi connectivity index (χ4n) is 3.54. The second-order valence-corrected chi connectivity index (χ2v) is 7.20. The van der Waals surface area contributed by atoms with Gasteiger partial charge in [0, 0.05) is 32.3 Å². The van der Waals surface area contributed by atoms with Crippen molar-refractivity contribution in [2.75, 3.05) is 13.1 Å². The molecule has 1 aromatic carbocycles. The van der Waals surface area contributed by atoms with Crippen molar-refractivity contribution >= 4 is 11.8 Å². The zero-order valence-electron chi connectivity index (χ0n) is 16.1. The molecule has 1 aromatic heterocycles. The Hall–Kier alpha value is -2.63. The van der Waals surface area contributed by atoms with Gasteiger partial charge < -0.3 is 10.2 Å². The Morgan fingerprint density at radius 3 is 2.52 bits per heavy atom. The van der Waals surface area contributed by atoms with Crippen molar-refractivity contribution in [2.45, 2.75) is 45.7 Å². The van der Waals surface area contributed by atoms with Crippen LogP contribution in [0.15, 0.2) is 42.6 Å². The first-order chi connectivity index (χ1) is 13.1. The first kappa shape index (κ1) is 19.1. The summed E-state index contributed by atoms with van der Waals surface area (Å²) in [5.74, 6) is 0.394. The van der Waals surface area contributed by atoms with Gasteiger partial charge in [-0.2, -0.15) is 5.10 Å². The summed E-state index contributed by atoms with van der Waals surface area (Å²) in [5.41, 5.74) is 1.61. The average molecular weight is 368 g/mol. The summed E-state index contributed by atoms with van der Waals surface area (Å²) < 4.78 is 1.76. The maximum Gasteiger partial charge on any atom is 0.274 e. The standard InChI is InChI=1S/C21H28N4O2/c1-3-25-14-11-19(23-25)21(27)24-12-9-17(10-13-24)15-20(26)22-16(2)18-7-5-4-6-8-18/h4-8,11,14,16-17H,3,9-10,12-13,15H2,1-2H3,(H,22,26)/t16-/m1/s1. The molecule has 1 N–H and O–H groups in total. The Bertz CT molecular complexity index is 763. The number of benzene rings is 1. The lowest BCUT2D eigenvalue weighted by Crippen LogP contribution is -2.40. The molecular weight excluding hydrogens is 340 g/mol. The fraction of sp³-hybridized carbons (Fsp3) is 0.476. The molecule has 2 aromatic rings. The molecular formula is C21H28N4O2. The molecule has 1 fully saturated rings. The van der Waals surface area contributed by atoms with E-state index in [-0.39, 0.29) is 17.9 Å². The number of rotatable bonds is 6. The van der Waals surface area contributed by atoms with E-state index in [9.17, 15) is 9.59 Å². The van der Waals surface area contributed by atoms with E-state index in [4.69, 9.17) is 0 Å². The van der Waals surface area contributed by atoms with E-state index in [0.717, 1.165) is 24.9 Å². The average Bonchev–Trinajstić information content (AvgIpc) is 3.18. The van der Waals surface area contributed by atoms with Crippen LogP contribution in [0, 0.1) is 5.92 Å². The number of hydrogen-bond acceptors (Lipinski definition) is 3. The predicted molar refractivity (Wildman–Crippen MR) is 104 cm³/mol. The largest absolute Gasteiger partial charge is 0.350 e. The lowest BCUT2D eigenvalue weighted by atomic mass is 9.93. The quantitative estimate of drug-likeness (QED) is 0.852. The molecule has 6 heteroatoms. The number of hydrogen-bond donors (Lipinski definition) is 1. The predicted octanol–water partition coefficient (Wildman–Crippen LogP) is 3.02. The Kier molecular flexibility index (Phi) is 6.27. The first-order valence-electron chi connectivity index (χ1n) is 9.74. The van der Waals surface area contributed by atoms with Crippen molar-refractivity contribution in [3.05, 3.63) is 53.9 Å². The van der Waals surface area contributed by atoms with Gasteiger partial charge in [-0.1, -0.05) is 30.3 Å². The summed E-state index contributed by atoms with van der Waals surface area (Å²) in [4.78, 5) is 26.7. The van der Waals surface area contributed by atoms with Crippen LogP contribution in [0.2, 0.25) is 0 Å². The molecule has 0 spiro atoms. The van der Waals surface area contributed by atoms with Crippen LogP contribution in [0.3, 0.4) is 0 Å². The lowest BCUT2D eigenvalue weighted by molar-refractivity contribution is -0.122. The number of likely N-dealkylation sites (tertiary alicyclic amines) is 1. The third kappa shape index (κ3) is 4.96. The monoisotopic (exact) mass is 368 g/mol.